The van der Waals surface area contributed by atoms with Crippen molar-refractivity contribution in [3.63, 3.8) is 0 Å². The average Bonchev–Trinajstić information content (AvgIpc) is 2.36. The van der Waals surface area contributed by atoms with Crippen LogP contribution in [0.25, 0.3) is 0 Å². The summed E-state index contributed by atoms with van der Waals surface area (Å²) >= 11 is 0. The van der Waals surface area contributed by atoms with E-state index in [1.54, 1.807) is 0 Å². The number of hydrogen-bond acceptors (Lipinski definition) is 1. The third-order valence-corrected chi connectivity index (χ3v) is 1.24. The Morgan fingerprint density at radius 1 is 1.36 bits per heavy atom. The highest BCUT2D eigenvalue weighted by Gasteiger charge is 1.90. The molecule has 1 heterocycles. The quantitative estimate of drug-likeness (QED) is 0.607. The summed E-state index contributed by atoms with van der Waals surface area (Å²) in [4.78, 5) is 4.10. The summed E-state index contributed by atoms with van der Waals surface area (Å²) in [6.45, 7) is 6.35. The van der Waals surface area contributed by atoms with Crippen molar-refractivity contribution in [1.82, 2.24) is 9.55 Å². The van der Waals surface area contributed by atoms with Crippen molar-refractivity contribution in [3.8, 4) is 0 Å². The van der Waals surface area contributed by atoms with Crippen LogP contribution in [-0.2, 0) is 13.5 Å². The first-order valence-electron chi connectivity index (χ1n) is 4.22. The Bertz CT molecular complexity index is 179. The molecule has 0 radical (unpaired) electrons. The van der Waals surface area contributed by atoms with Gasteiger partial charge in [0, 0.05) is 25.9 Å². The molecule has 0 unspecified atom stereocenters. The molecule has 0 spiro atoms. The lowest BCUT2D eigenvalue weighted by Crippen LogP contribution is -1.92. The van der Waals surface area contributed by atoms with Crippen LogP contribution in [0, 0.1) is 0 Å². The van der Waals surface area contributed by atoms with Crippen LogP contribution in [0.3, 0.4) is 0 Å². The van der Waals surface area contributed by atoms with Crippen LogP contribution in [0.15, 0.2) is 12.4 Å². The molecule has 0 saturated carbocycles. The Morgan fingerprint density at radius 2 is 1.91 bits per heavy atom. The maximum atomic E-state index is 4.10. The SMILES string of the molecule is CCC.CCc1nccn1C. The highest BCUT2D eigenvalue weighted by molar-refractivity contribution is 4.89. The van der Waals surface area contributed by atoms with Crippen LogP contribution >= 0.6 is 0 Å². The lowest BCUT2D eigenvalue weighted by Gasteiger charge is -1.92. The molecule has 0 N–H and O–H groups in total. The van der Waals surface area contributed by atoms with E-state index < -0.39 is 0 Å². The third kappa shape index (κ3) is 3.81. The summed E-state index contributed by atoms with van der Waals surface area (Å²) < 4.78 is 2.03. The van der Waals surface area contributed by atoms with Gasteiger partial charge in [-0.3, -0.25) is 0 Å². The summed E-state index contributed by atoms with van der Waals surface area (Å²) in [7, 11) is 2.01. The van der Waals surface area contributed by atoms with E-state index in [0.29, 0.717) is 0 Å². The summed E-state index contributed by atoms with van der Waals surface area (Å²) in [5.74, 6) is 1.14. The largest absolute Gasteiger partial charge is 0.338 e. The van der Waals surface area contributed by atoms with Gasteiger partial charge in [-0.15, -0.1) is 0 Å². The van der Waals surface area contributed by atoms with Crippen molar-refractivity contribution < 1.29 is 0 Å². The molecule has 0 aliphatic rings. The van der Waals surface area contributed by atoms with Gasteiger partial charge in [0.1, 0.15) is 5.82 Å². The molecular formula is C9H18N2. The summed E-state index contributed by atoms with van der Waals surface area (Å²) in [5, 5.41) is 0. The molecule has 0 amide bonds. The van der Waals surface area contributed by atoms with Crippen molar-refractivity contribution in [2.45, 2.75) is 33.6 Å². The first kappa shape index (κ1) is 10.2. The van der Waals surface area contributed by atoms with Crippen molar-refractivity contribution in [2.24, 2.45) is 7.05 Å². The normalized spacial score (nSPS) is 8.73. The summed E-state index contributed by atoms with van der Waals surface area (Å²) in [5.41, 5.74) is 0. The van der Waals surface area contributed by atoms with E-state index in [1.165, 1.54) is 6.42 Å². The van der Waals surface area contributed by atoms with Crippen LogP contribution < -0.4 is 0 Å². The van der Waals surface area contributed by atoms with E-state index >= 15 is 0 Å². The average molecular weight is 154 g/mol. The van der Waals surface area contributed by atoms with Gasteiger partial charge in [0.25, 0.3) is 0 Å². The molecule has 0 bridgehead atoms. The highest BCUT2D eigenvalue weighted by atomic mass is 15.0. The fourth-order valence-electron chi connectivity index (χ4n) is 0.737. The van der Waals surface area contributed by atoms with Crippen LogP contribution in [0.2, 0.25) is 0 Å². The Hall–Kier alpha value is -0.790. The number of hydrogen-bond donors (Lipinski definition) is 0. The molecule has 0 atom stereocenters. The second kappa shape index (κ2) is 5.96. The van der Waals surface area contributed by atoms with Crippen LogP contribution in [0.1, 0.15) is 33.0 Å². The Labute approximate surface area is 69.3 Å². The van der Waals surface area contributed by atoms with Gasteiger partial charge in [-0.25, -0.2) is 4.98 Å². The second-order valence-electron chi connectivity index (χ2n) is 2.52. The monoisotopic (exact) mass is 154 g/mol. The molecule has 0 fully saturated rings. The minimum atomic E-state index is 1.02. The first-order valence-corrected chi connectivity index (χ1v) is 4.22. The second-order valence-corrected chi connectivity index (χ2v) is 2.52. The first-order chi connectivity index (χ1) is 5.26. The zero-order valence-electron chi connectivity index (χ0n) is 7.96. The van der Waals surface area contributed by atoms with Gasteiger partial charge in [-0.05, 0) is 0 Å². The third-order valence-electron chi connectivity index (χ3n) is 1.24. The maximum absolute atomic E-state index is 4.10. The number of imidazole rings is 1. The number of aromatic nitrogens is 2. The minimum absolute atomic E-state index is 1.02. The molecule has 0 aromatic carbocycles. The van der Waals surface area contributed by atoms with E-state index in [9.17, 15) is 0 Å². The number of aryl methyl sites for hydroxylation is 2. The van der Waals surface area contributed by atoms with E-state index in [0.717, 1.165) is 12.2 Å². The molecule has 1 aromatic heterocycles. The van der Waals surface area contributed by atoms with E-state index in [2.05, 4.69) is 25.8 Å². The maximum Gasteiger partial charge on any atom is 0.108 e. The van der Waals surface area contributed by atoms with Gasteiger partial charge in [0.05, 0.1) is 0 Å². The van der Waals surface area contributed by atoms with E-state index in [4.69, 9.17) is 0 Å². The van der Waals surface area contributed by atoms with Crippen molar-refractivity contribution in [1.29, 1.82) is 0 Å². The number of rotatable bonds is 1. The molecule has 0 aliphatic carbocycles. The van der Waals surface area contributed by atoms with Gasteiger partial charge in [-0.1, -0.05) is 27.2 Å². The molecule has 1 aromatic rings. The predicted molar refractivity (Wildman–Crippen MR) is 48.6 cm³/mol. The molecule has 0 saturated heterocycles. The van der Waals surface area contributed by atoms with Gasteiger partial charge in [-0.2, -0.15) is 0 Å². The minimum Gasteiger partial charge on any atom is -0.338 e. The predicted octanol–water partition coefficient (Wildman–Crippen LogP) is 2.40. The molecule has 64 valence electrons. The fourth-order valence-corrected chi connectivity index (χ4v) is 0.737. The summed E-state index contributed by atoms with van der Waals surface area (Å²) in [6, 6.07) is 0. The van der Waals surface area contributed by atoms with Gasteiger partial charge in [0.15, 0.2) is 0 Å². The summed E-state index contributed by atoms with van der Waals surface area (Å²) in [6.07, 6.45) is 6.04. The van der Waals surface area contributed by atoms with E-state index in [1.807, 2.05) is 24.0 Å². The molecule has 0 aliphatic heterocycles. The Morgan fingerprint density at radius 3 is 2.09 bits per heavy atom. The van der Waals surface area contributed by atoms with Crippen molar-refractivity contribution in [3.05, 3.63) is 18.2 Å². The molecular weight excluding hydrogens is 136 g/mol. The standard InChI is InChI=1S/C6H10N2.C3H8/c1-3-6-7-4-5-8(6)2;1-3-2/h4-5H,3H2,1-2H3;3H2,1-2H3. The Balaban J connectivity index is 0.000000292. The molecule has 2 heteroatoms. The molecule has 2 nitrogen and oxygen atoms in total. The van der Waals surface area contributed by atoms with E-state index in [-0.39, 0.29) is 0 Å². The van der Waals surface area contributed by atoms with Gasteiger partial charge < -0.3 is 4.57 Å². The fraction of sp³-hybridized carbons (Fsp3) is 0.667. The Kier molecular flexibility index (Phi) is 5.53. The highest BCUT2D eigenvalue weighted by Crippen LogP contribution is 1.92. The van der Waals surface area contributed by atoms with Gasteiger partial charge in [0.2, 0.25) is 0 Å². The zero-order valence-corrected chi connectivity index (χ0v) is 7.96. The lowest BCUT2D eigenvalue weighted by atomic mass is 10.5. The smallest absolute Gasteiger partial charge is 0.108 e. The van der Waals surface area contributed by atoms with Crippen LogP contribution in [0.4, 0.5) is 0 Å². The zero-order chi connectivity index (χ0) is 8.69. The van der Waals surface area contributed by atoms with Crippen LogP contribution in [-0.4, -0.2) is 9.55 Å². The molecule has 1 rings (SSSR count). The molecule has 11 heavy (non-hydrogen) atoms. The van der Waals surface area contributed by atoms with Gasteiger partial charge >= 0.3 is 0 Å². The van der Waals surface area contributed by atoms with Crippen molar-refractivity contribution in [2.75, 3.05) is 0 Å². The van der Waals surface area contributed by atoms with Crippen molar-refractivity contribution >= 4 is 0 Å². The lowest BCUT2D eigenvalue weighted by molar-refractivity contribution is 0.808. The van der Waals surface area contributed by atoms with Crippen LogP contribution in [0.5, 0.6) is 0 Å². The number of nitrogens with zero attached hydrogens (tertiary/aromatic N) is 2. The topological polar surface area (TPSA) is 17.8 Å².